The molecular formula is C15H24FN. The van der Waals surface area contributed by atoms with E-state index in [-0.39, 0.29) is 5.82 Å². The van der Waals surface area contributed by atoms with Crippen LogP contribution in [0.4, 0.5) is 4.39 Å². The predicted octanol–water partition coefficient (Wildman–Crippen LogP) is 4.27. The van der Waals surface area contributed by atoms with Crippen LogP contribution in [0.2, 0.25) is 0 Å². The first-order chi connectivity index (χ1) is 8.27. The van der Waals surface area contributed by atoms with Crippen LogP contribution in [0.1, 0.15) is 51.5 Å². The zero-order valence-corrected chi connectivity index (χ0v) is 11.0. The molecule has 0 spiro atoms. The van der Waals surface area contributed by atoms with Gasteiger partial charge in [-0.2, -0.15) is 0 Å². The molecule has 0 bridgehead atoms. The minimum absolute atomic E-state index is 0.108. The highest BCUT2D eigenvalue weighted by Crippen LogP contribution is 2.09. The van der Waals surface area contributed by atoms with E-state index in [1.165, 1.54) is 31.7 Å². The van der Waals surface area contributed by atoms with Gasteiger partial charge < -0.3 is 5.32 Å². The first kappa shape index (κ1) is 14.2. The molecule has 0 saturated heterocycles. The second kappa shape index (κ2) is 8.24. The van der Waals surface area contributed by atoms with E-state index in [1.807, 2.05) is 12.1 Å². The summed E-state index contributed by atoms with van der Waals surface area (Å²) < 4.78 is 13.4. The third kappa shape index (κ3) is 5.31. The fourth-order valence-corrected chi connectivity index (χ4v) is 1.99. The zero-order valence-electron chi connectivity index (χ0n) is 11.0. The van der Waals surface area contributed by atoms with Gasteiger partial charge in [0, 0.05) is 18.2 Å². The molecule has 17 heavy (non-hydrogen) atoms. The molecule has 0 heterocycles. The average Bonchev–Trinajstić information content (AvgIpc) is 2.35. The van der Waals surface area contributed by atoms with Gasteiger partial charge >= 0.3 is 0 Å². The topological polar surface area (TPSA) is 12.0 Å². The monoisotopic (exact) mass is 237 g/mol. The molecule has 1 unspecified atom stereocenters. The first-order valence-corrected chi connectivity index (χ1v) is 6.74. The molecule has 0 aliphatic heterocycles. The number of hydrogen-bond acceptors (Lipinski definition) is 1. The lowest BCUT2D eigenvalue weighted by Gasteiger charge is -2.17. The minimum atomic E-state index is -0.108. The summed E-state index contributed by atoms with van der Waals surface area (Å²) >= 11 is 0. The van der Waals surface area contributed by atoms with Gasteiger partial charge in [0.25, 0.3) is 0 Å². The van der Waals surface area contributed by atoms with Gasteiger partial charge in [0.2, 0.25) is 0 Å². The van der Waals surface area contributed by atoms with Crippen LogP contribution in [0.5, 0.6) is 0 Å². The van der Waals surface area contributed by atoms with Crippen LogP contribution in [-0.2, 0) is 6.54 Å². The summed E-state index contributed by atoms with van der Waals surface area (Å²) in [6.07, 6.45) is 6.11. The van der Waals surface area contributed by atoms with Crippen molar-refractivity contribution < 1.29 is 4.39 Å². The van der Waals surface area contributed by atoms with Crippen molar-refractivity contribution in [1.82, 2.24) is 5.32 Å². The Bertz CT molecular complexity index is 312. The lowest BCUT2D eigenvalue weighted by Crippen LogP contribution is -2.28. The van der Waals surface area contributed by atoms with Crippen LogP contribution in [0.3, 0.4) is 0 Å². The van der Waals surface area contributed by atoms with Gasteiger partial charge in [0.15, 0.2) is 0 Å². The highest BCUT2D eigenvalue weighted by atomic mass is 19.1. The second-order valence-electron chi connectivity index (χ2n) is 4.57. The fraction of sp³-hybridized carbons (Fsp3) is 0.600. The predicted molar refractivity (Wildman–Crippen MR) is 71.5 cm³/mol. The summed E-state index contributed by atoms with van der Waals surface area (Å²) in [6.45, 7) is 5.04. The van der Waals surface area contributed by atoms with Crippen molar-refractivity contribution in [2.45, 2.75) is 58.5 Å². The molecule has 1 aromatic carbocycles. The van der Waals surface area contributed by atoms with E-state index in [2.05, 4.69) is 19.2 Å². The Morgan fingerprint density at radius 2 is 1.94 bits per heavy atom. The van der Waals surface area contributed by atoms with Crippen molar-refractivity contribution in [1.29, 1.82) is 0 Å². The van der Waals surface area contributed by atoms with Gasteiger partial charge in [0.05, 0.1) is 0 Å². The fourth-order valence-electron chi connectivity index (χ4n) is 1.99. The number of hydrogen-bond donors (Lipinski definition) is 1. The SMILES string of the molecule is CCCCCC(CC)NCc1ccccc1F. The van der Waals surface area contributed by atoms with Crippen LogP contribution in [0.15, 0.2) is 24.3 Å². The third-order valence-electron chi connectivity index (χ3n) is 3.19. The van der Waals surface area contributed by atoms with E-state index in [1.54, 1.807) is 6.07 Å². The van der Waals surface area contributed by atoms with Crippen LogP contribution >= 0.6 is 0 Å². The largest absolute Gasteiger partial charge is 0.310 e. The maximum absolute atomic E-state index is 13.4. The van der Waals surface area contributed by atoms with Gasteiger partial charge in [-0.05, 0) is 18.9 Å². The highest BCUT2D eigenvalue weighted by Gasteiger charge is 2.06. The summed E-state index contributed by atoms with van der Waals surface area (Å²) in [5, 5.41) is 3.45. The maximum Gasteiger partial charge on any atom is 0.127 e. The van der Waals surface area contributed by atoms with Crippen molar-refractivity contribution in [2.24, 2.45) is 0 Å². The normalized spacial score (nSPS) is 12.6. The maximum atomic E-state index is 13.4. The molecule has 1 rings (SSSR count). The molecule has 0 fully saturated rings. The van der Waals surface area contributed by atoms with Crippen molar-refractivity contribution in [3.63, 3.8) is 0 Å². The molecule has 0 amide bonds. The third-order valence-corrected chi connectivity index (χ3v) is 3.19. The summed E-state index contributed by atoms with van der Waals surface area (Å²) in [5.74, 6) is -0.108. The molecule has 96 valence electrons. The molecule has 1 N–H and O–H groups in total. The van der Waals surface area contributed by atoms with Gasteiger partial charge in [-0.15, -0.1) is 0 Å². The van der Waals surface area contributed by atoms with Gasteiger partial charge in [-0.1, -0.05) is 51.3 Å². The molecule has 1 nitrogen and oxygen atoms in total. The molecular weight excluding hydrogens is 213 g/mol. The number of nitrogens with one attached hydrogen (secondary N) is 1. The Hall–Kier alpha value is -0.890. The van der Waals surface area contributed by atoms with Crippen LogP contribution in [0.25, 0.3) is 0 Å². The smallest absolute Gasteiger partial charge is 0.127 e. The highest BCUT2D eigenvalue weighted by molar-refractivity contribution is 5.16. The number of benzene rings is 1. The summed E-state index contributed by atoms with van der Waals surface area (Å²) in [6, 6.07) is 7.51. The molecule has 2 heteroatoms. The Kier molecular flexibility index (Phi) is 6.87. The molecule has 0 aliphatic carbocycles. The van der Waals surface area contributed by atoms with Crippen molar-refractivity contribution in [2.75, 3.05) is 0 Å². The second-order valence-corrected chi connectivity index (χ2v) is 4.57. The lowest BCUT2D eigenvalue weighted by atomic mass is 10.1. The van der Waals surface area contributed by atoms with E-state index >= 15 is 0 Å². The summed E-state index contributed by atoms with van der Waals surface area (Å²) in [7, 11) is 0. The standard InChI is InChI=1S/C15H24FN/c1-3-5-6-10-14(4-2)17-12-13-9-7-8-11-15(13)16/h7-9,11,14,17H,3-6,10,12H2,1-2H3. The Labute approximate surface area is 104 Å². The lowest BCUT2D eigenvalue weighted by molar-refractivity contribution is 0.441. The van der Waals surface area contributed by atoms with E-state index in [9.17, 15) is 4.39 Å². The number of halogens is 1. The molecule has 0 aromatic heterocycles. The van der Waals surface area contributed by atoms with Crippen LogP contribution in [0, 0.1) is 5.82 Å². The molecule has 1 aromatic rings. The van der Waals surface area contributed by atoms with Gasteiger partial charge in [0.1, 0.15) is 5.82 Å². The molecule has 0 radical (unpaired) electrons. The quantitative estimate of drug-likeness (QED) is 0.666. The van der Waals surface area contributed by atoms with E-state index in [4.69, 9.17) is 0 Å². The average molecular weight is 237 g/mol. The Balaban J connectivity index is 2.34. The molecule has 1 atom stereocenters. The Morgan fingerprint density at radius 3 is 2.59 bits per heavy atom. The number of unbranched alkanes of at least 4 members (excludes halogenated alkanes) is 2. The van der Waals surface area contributed by atoms with Crippen molar-refractivity contribution in [3.05, 3.63) is 35.6 Å². The van der Waals surface area contributed by atoms with E-state index in [0.717, 1.165) is 12.0 Å². The van der Waals surface area contributed by atoms with Gasteiger partial charge in [-0.3, -0.25) is 0 Å². The van der Waals surface area contributed by atoms with Crippen LogP contribution < -0.4 is 5.32 Å². The number of rotatable bonds is 8. The minimum Gasteiger partial charge on any atom is -0.310 e. The zero-order chi connectivity index (χ0) is 12.5. The summed E-state index contributed by atoms with van der Waals surface area (Å²) in [4.78, 5) is 0. The molecule has 0 saturated carbocycles. The van der Waals surface area contributed by atoms with Crippen LogP contribution in [-0.4, -0.2) is 6.04 Å². The van der Waals surface area contributed by atoms with Crippen molar-refractivity contribution >= 4 is 0 Å². The van der Waals surface area contributed by atoms with E-state index in [0.29, 0.717) is 12.6 Å². The molecule has 0 aliphatic rings. The first-order valence-electron chi connectivity index (χ1n) is 6.74. The Morgan fingerprint density at radius 1 is 1.18 bits per heavy atom. The van der Waals surface area contributed by atoms with E-state index < -0.39 is 0 Å². The van der Waals surface area contributed by atoms with Crippen molar-refractivity contribution in [3.8, 4) is 0 Å². The van der Waals surface area contributed by atoms with Gasteiger partial charge in [-0.25, -0.2) is 4.39 Å². The summed E-state index contributed by atoms with van der Waals surface area (Å²) in [5.41, 5.74) is 0.765.